The standard InChI is InChI=1S/C17H15N3O/c21-17(20-19-12-15-8-4-10-18-15)11-14-7-3-6-13-5-1-2-9-16(13)14/h1-10,12,18H,11H2,(H,20,21)/b19-12+. The number of aromatic nitrogens is 1. The van der Waals surface area contributed by atoms with Gasteiger partial charge >= 0.3 is 0 Å². The molecule has 0 atom stereocenters. The van der Waals surface area contributed by atoms with E-state index in [9.17, 15) is 4.79 Å². The van der Waals surface area contributed by atoms with Crippen LogP contribution in [0.2, 0.25) is 0 Å². The molecular weight excluding hydrogens is 262 g/mol. The molecule has 104 valence electrons. The van der Waals surface area contributed by atoms with Crippen molar-refractivity contribution in [3.8, 4) is 0 Å². The molecule has 1 heterocycles. The molecule has 0 unspecified atom stereocenters. The van der Waals surface area contributed by atoms with Crippen molar-refractivity contribution in [2.45, 2.75) is 6.42 Å². The molecule has 2 N–H and O–H groups in total. The predicted octanol–water partition coefficient (Wildman–Crippen LogP) is 2.86. The minimum atomic E-state index is -0.130. The van der Waals surface area contributed by atoms with Gasteiger partial charge in [-0.3, -0.25) is 4.79 Å². The lowest BCUT2D eigenvalue weighted by molar-refractivity contribution is -0.120. The van der Waals surface area contributed by atoms with Crippen LogP contribution < -0.4 is 5.43 Å². The zero-order valence-corrected chi connectivity index (χ0v) is 11.4. The maximum absolute atomic E-state index is 11.9. The number of nitrogens with zero attached hydrogens (tertiary/aromatic N) is 1. The molecule has 21 heavy (non-hydrogen) atoms. The number of hydrogen-bond acceptors (Lipinski definition) is 2. The molecule has 0 saturated carbocycles. The first-order valence-electron chi connectivity index (χ1n) is 6.75. The molecule has 0 bridgehead atoms. The van der Waals surface area contributed by atoms with E-state index in [1.165, 1.54) is 0 Å². The second-order valence-corrected chi connectivity index (χ2v) is 4.73. The van der Waals surface area contributed by atoms with Crippen LogP contribution in [-0.2, 0) is 11.2 Å². The van der Waals surface area contributed by atoms with Gasteiger partial charge in [-0.2, -0.15) is 5.10 Å². The fraction of sp³-hybridized carbons (Fsp3) is 0.0588. The van der Waals surface area contributed by atoms with Gasteiger partial charge < -0.3 is 4.98 Å². The summed E-state index contributed by atoms with van der Waals surface area (Å²) < 4.78 is 0. The van der Waals surface area contributed by atoms with Crippen LogP contribution in [0, 0.1) is 0 Å². The summed E-state index contributed by atoms with van der Waals surface area (Å²) in [5, 5.41) is 6.17. The van der Waals surface area contributed by atoms with E-state index in [0.29, 0.717) is 6.42 Å². The number of H-pyrrole nitrogens is 1. The van der Waals surface area contributed by atoms with Crippen LogP contribution in [0.5, 0.6) is 0 Å². The van der Waals surface area contributed by atoms with E-state index in [4.69, 9.17) is 0 Å². The first-order valence-corrected chi connectivity index (χ1v) is 6.75. The second kappa shape index (κ2) is 6.05. The van der Waals surface area contributed by atoms with Gasteiger partial charge in [0.05, 0.1) is 18.3 Å². The Kier molecular flexibility index (Phi) is 3.78. The van der Waals surface area contributed by atoms with Crippen LogP contribution in [0.3, 0.4) is 0 Å². The molecule has 0 spiro atoms. The molecule has 2 aromatic carbocycles. The molecule has 1 aromatic heterocycles. The Bertz CT molecular complexity index is 770. The lowest BCUT2D eigenvalue weighted by Gasteiger charge is -2.05. The van der Waals surface area contributed by atoms with Crippen LogP contribution in [-0.4, -0.2) is 17.1 Å². The highest BCUT2D eigenvalue weighted by Gasteiger charge is 2.05. The predicted molar refractivity (Wildman–Crippen MR) is 84.2 cm³/mol. The highest BCUT2D eigenvalue weighted by Crippen LogP contribution is 2.18. The monoisotopic (exact) mass is 277 g/mol. The average molecular weight is 277 g/mol. The second-order valence-electron chi connectivity index (χ2n) is 4.73. The molecule has 0 fully saturated rings. The minimum Gasteiger partial charge on any atom is -0.360 e. The van der Waals surface area contributed by atoms with E-state index in [-0.39, 0.29) is 5.91 Å². The average Bonchev–Trinajstić information content (AvgIpc) is 3.01. The summed E-state index contributed by atoms with van der Waals surface area (Å²) in [6, 6.07) is 17.8. The Morgan fingerprint density at radius 3 is 2.81 bits per heavy atom. The van der Waals surface area contributed by atoms with Gasteiger partial charge in [0.2, 0.25) is 5.91 Å². The number of fused-ring (bicyclic) bond motifs is 1. The van der Waals surface area contributed by atoms with Crippen molar-refractivity contribution in [1.82, 2.24) is 10.4 Å². The number of hydrogen-bond donors (Lipinski definition) is 2. The Labute approximate surface area is 122 Å². The van der Waals surface area contributed by atoms with Crippen LogP contribution >= 0.6 is 0 Å². The maximum atomic E-state index is 11.9. The Morgan fingerprint density at radius 2 is 1.95 bits per heavy atom. The molecule has 0 aliphatic rings. The molecule has 0 radical (unpaired) electrons. The molecular formula is C17H15N3O. The van der Waals surface area contributed by atoms with Crippen LogP contribution in [0.25, 0.3) is 10.8 Å². The van der Waals surface area contributed by atoms with Crippen LogP contribution in [0.4, 0.5) is 0 Å². The fourth-order valence-corrected chi connectivity index (χ4v) is 2.26. The van der Waals surface area contributed by atoms with Crippen molar-refractivity contribution in [3.63, 3.8) is 0 Å². The van der Waals surface area contributed by atoms with Gasteiger partial charge in [-0.15, -0.1) is 0 Å². The zero-order chi connectivity index (χ0) is 14.5. The summed E-state index contributed by atoms with van der Waals surface area (Å²) in [4.78, 5) is 14.9. The van der Waals surface area contributed by atoms with Gasteiger partial charge in [-0.1, -0.05) is 42.5 Å². The first kappa shape index (κ1) is 13.1. The smallest absolute Gasteiger partial charge is 0.244 e. The van der Waals surface area contributed by atoms with Gasteiger partial charge in [0.15, 0.2) is 0 Å². The Morgan fingerprint density at radius 1 is 1.10 bits per heavy atom. The first-order chi connectivity index (χ1) is 10.3. The highest BCUT2D eigenvalue weighted by molar-refractivity contribution is 5.90. The summed E-state index contributed by atoms with van der Waals surface area (Å²) >= 11 is 0. The van der Waals surface area contributed by atoms with Crippen LogP contribution in [0.15, 0.2) is 65.9 Å². The van der Waals surface area contributed by atoms with Gasteiger partial charge in [0, 0.05) is 6.20 Å². The number of aromatic amines is 1. The third kappa shape index (κ3) is 3.17. The quantitative estimate of drug-likeness (QED) is 0.559. The molecule has 0 saturated heterocycles. The number of rotatable bonds is 4. The summed E-state index contributed by atoms with van der Waals surface area (Å²) in [7, 11) is 0. The molecule has 4 nitrogen and oxygen atoms in total. The Hall–Kier alpha value is -2.88. The van der Waals surface area contributed by atoms with Crippen molar-refractivity contribution in [2.75, 3.05) is 0 Å². The molecule has 0 aliphatic heterocycles. The lowest BCUT2D eigenvalue weighted by atomic mass is 10.0. The number of carbonyl (C=O) groups is 1. The van der Waals surface area contributed by atoms with E-state index < -0.39 is 0 Å². The van der Waals surface area contributed by atoms with Gasteiger partial charge in [-0.25, -0.2) is 5.43 Å². The molecule has 1 amide bonds. The number of nitrogens with one attached hydrogen (secondary N) is 2. The summed E-state index contributed by atoms with van der Waals surface area (Å²) in [5.74, 6) is -0.130. The zero-order valence-electron chi connectivity index (χ0n) is 11.4. The van der Waals surface area contributed by atoms with Gasteiger partial charge in [0.1, 0.15) is 0 Å². The maximum Gasteiger partial charge on any atom is 0.244 e. The lowest BCUT2D eigenvalue weighted by Crippen LogP contribution is -2.19. The SMILES string of the molecule is O=C(Cc1cccc2ccccc12)N/N=C/c1ccc[nH]1. The van der Waals surface area contributed by atoms with Crippen molar-refractivity contribution in [2.24, 2.45) is 5.10 Å². The Balaban J connectivity index is 1.69. The van der Waals surface area contributed by atoms with Gasteiger partial charge in [-0.05, 0) is 28.5 Å². The summed E-state index contributed by atoms with van der Waals surface area (Å²) in [6.45, 7) is 0. The fourth-order valence-electron chi connectivity index (χ4n) is 2.26. The summed E-state index contributed by atoms with van der Waals surface area (Å²) in [6.07, 6.45) is 3.70. The van der Waals surface area contributed by atoms with Crippen molar-refractivity contribution < 1.29 is 4.79 Å². The van der Waals surface area contributed by atoms with E-state index >= 15 is 0 Å². The third-order valence-electron chi connectivity index (χ3n) is 3.25. The number of amides is 1. The van der Waals surface area contributed by atoms with Crippen LogP contribution in [0.1, 0.15) is 11.3 Å². The van der Waals surface area contributed by atoms with Crippen molar-refractivity contribution in [3.05, 3.63) is 72.1 Å². The van der Waals surface area contributed by atoms with E-state index in [2.05, 4.69) is 15.5 Å². The highest BCUT2D eigenvalue weighted by atomic mass is 16.2. The molecule has 3 rings (SSSR count). The molecule has 0 aliphatic carbocycles. The summed E-state index contributed by atoms with van der Waals surface area (Å²) in [5.41, 5.74) is 4.39. The normalized spacial score (nSPS) is 11.0. The minimum absolute atomic E-state index is 0.130. The third-order valence-corrected chi connectivity index (χ3v) is 3.25. The van der Waals surface area contributed by atoms with E-state index in [0.717, 1.165) is 22.0 Å². The number of hydrazone groups is 1. The van der Waals surface area contributed by atoms with Crippen molar-refractivity contribution in [1.29, 1.82) is 0 Å². The van der Waals surface area contributed by atoms with E-state index in [1.54, 1.807) is 12.4 Å². The number of benzene rings is 2. The van der Waals surface area contributed by atoms with Crippen molar-refractivity contribution >= 4 is 22.9 Å². The number of carbonyl (C=O) groups excluding carboxylic acids is 1. The molecule has 3 aromatic rings. The van der Waals surface area contributed by atoms with Gasteiger partial charge in [0.25, 0.3) is 0 Å². The molecule has 4 heteroatoms. The largest absolute Gasteiger partial charge is 0.360 e. The van der Waals surface area contributed by atoms with E-state index in [1.807, 2.05) is 54.6 Å². The topological polar surface area (TPSA) is 57.2 Å².